The maximum absolute atomic E-state index is 13.1. The van der Waals surface area contributed by atoms with Crippen LogP contribution in [0.5, 0.6) is 0 Å². The summed E-state index contributed by atoms with van der Waals surface area (Å²) in [6, 6.07) is 15.9. The molecule has 1 aliphatic heterocycles. The SMILES string of the molecule is Cc1[nH]nc2ccc(-c3nnc(Cl)c(N4CCN(C(=O)OC(C)(C)C)C(Cc5ccccc5)C4)n3)cc12. The Morgan fingerprint density at radius 3 is 2.68 bits per heavy atom. The summed E-state index contributed by atoms with van der Waals surface area (Å²) in [7, 11) is 0. The number of anilines is 1. The summed E-state index contributed by atoms with van der Waals surface area (Å²) in [6.07, 6.45) is 0.361. The topological polar surface area (TPSA) is 100 Å². The summed E-state index contributed by atoms with van der Waals surface area (Å²) in [5.41, 5.74) is 3.25. The number of aromatic amines is 1. The van der Waals surface area contributed by atoms with Crippen LogP contribution in [0.15, 0.2) is 48.5 Å². The number of carbonyl (C=O) groups is 1. The quantitative estimate of drug-likeness (QED) is 0.403. The highest BCUT2D eigenvalue weighted by molar-refractivity contribution is 6.31. The van der Waals surface area contributed by atoms with E-state index in [0.717, 1.165) is 27.7 Å². The van der Waals surface area contributed by atoms with Crippen molar-refractivity contribution in [3.05, 3.63) is 64.9 Å². The molecule has 1 saturated heterocycles. The Bertz CT molecular complexity index is 1420. The fourth-order valence-electron chi connectivity index (χ4n) is 4.58. The fraction of sp³-hybridized carbons (Fsp3) is 0.370. The highest BCUT2D eigenvalue weighted by Crippen LogP contribution is 2.29. The number of nitrogens with one attached hydrogen (secondary N) is 1. The fourth-order valence-corrected chi connectivity index (χ4v) is 4.77. The summed E-state index contributed by atoms with van der Waals surface area (Å²) in [4.78, 5) is 21.8. The van der Waals surface area contributed by atoms with E-state index in [9.17, 15) is 4.79 Å². The molecule has 0 spiro atoms. The Morgan fingerprint density at radius 1 is 1.14 bits per heavy atom. The van der Waals surface area contributed by atoms with Gasteiger partial charge in [0.2, 0.25) is 0 Å². The van der Waals surface area contributed by atoms with Gasteiger partial charge in [0.05, 0.1) is 11.6 Å². The average molecular weight is 520 g/mol. The molecule has 2 aromatic heterocycles. The van der Waals surface area contributed by atoms with Crippen LogP contribution in [0.2, 0.25) is 5.15 Å². The van der Waals surface area contributed by atoms with Crippen molar-refractivity contribution >= 4 is 34.4 Å². The molecule has 1 N–H and O–H groups in total. The Balaban J connectivity index is 1.44. The predicted molar refractivity (Wildman–Crippen MR) is 144 cm³/mol. The summed E-state index contributed by atoms with van der Waals surface area (Å²) < 4.78 is 5.72. The first-order chi connectivity index (χ1) is 17.7. The van der Waals surface area contributed by atoms with Crippen LogP contribution in [0.25, 0.3) is 22.3 Å². The summed E-state index contributed by atoms with van der Waals surface area (Å²) >= 11 is 6.52. The van der Waals surface area contributed by atoms with Gasteiger partial charge in [-0.05, 0) is 57.9 Å². The van der Waals surface area contributed by atoms with Gasteiger partial charge >= 0.3 is 6.09 Å². The summed E-state index contributed by atoms with van der Waals surface area (Å²) in [6.45, 7) is 9.16. The van der Waals surface area contributed by atoms with Gasteiger partial charge in [-0.1, -0.05) is 41.9 Å². The van der Waals surface area contributed by atoms with Crippen molar-refractivity contribution in [3.8, 4) is 11.4 Å². The van der Waals surface area contributed by atoms with Gasteiger partial charge in [-0.2, -0.15) is 5.10 Å². The zero-order valence-electron chi connectivity index (χ0n) is 21.4. The third-order valence-electron chi connectivity index (χ3n) is 6.36. The van der Waals surface area contributed by atoms with E-state index in [1.54, 1.807) is 0 Å². The number of nitrogens with zero attached hydrogens (tertiary/aromatic N) is 6. The van der Waals surface area contributed by atoms with E-state index < -0.39 is 5.60 Å². The van der Waals surface area contributed by atoms with Gasteiger partial charge in [0.25, 0.3) is 0 Å². The minimum atomic E-state index is -0.575. The molecule has 2 aromatic carbocycles. The lowest BCUT2D eigenvalue weighted by Gasteiger charge is -2.42. The van der Waals surface area contributed by atoms with Gasteiger partial charge in [-0.3, -0.25) is 5.10 Å². The number of H-pyrrole nitrogens is 1. The number of carbonyl (C=O) groups excluding carboxylic acids is 1. The van der Waals surface area contributed by atoms with Crippen LogP contribution in [0.3, 0.4) is 0 Å². The maximum atomic E-state index is 13.1. The smallest absolute Gasteiger partial charge is 0.410 e. The first-order valence-corrected chi connectivity index (χ1v) is 12.7. The lowest BCUT2D eigenvalue weighted by molar-refractivity contribution is 0.0140. The van der Waals surface area contributed by atoms with Crippen LogP contribution in [0.1, 0.15) is 32.0 Å². The third kappa shape index (κ3) is 5.51. The van der Waals surface area contributed by atoms with Crippen LogP contribution in [0.4, 0.5) is 10.6 Å². The average Bonchev–Trinajstić information content (AvgIpc) is 3.24. The van der Waals surface area contributed by atoms with E-state index in [1.165, 1.54) is 0 Å². The molecule has 9 nitrogen and oxygen atoms in total. The van der Waals surface area contributed by atoms with Crippen LogP contribution < -0.4 is 4.90 Å². The van der Waals surface area contributed by atoms with Crippen LogP contribution in [0, 0.1) is 6.92 Å². The number of amides is 1. The Kier molecular flexibility index (Phi) is 6.72. The lowest BCUT2D eigenvalue weighted by Crippen LogP contribution is -2.57. The van der Waals surface area contributed by atoms with Gasteiger partial charge in [0.15, 0.2) is 16.8 Å². The van der Waals surface area contributed by atoms with E-state index in [0.29, 0.717) is 37.7 Å². The number of hydrogen-bond acceptors (Lipinski definition) is 7. The Morgan fingerprint density at radius 2 is 1.92 bits per heavy atom. The molecule has 0 aliphatic carbocycles. The van der Waals surface area contributed by atoms with E-state index in [2.05, 4.69) is 37.4 Å². The first kappa shape index (κ1) is 25.0. The third-order valence-corrected chi connectivity index (χ3v) is 6.60. The first-order valence-electron chi connectivity index (χ1n) is 12.3. The highest BCUT2D eigenvalue weighted by atomic mass is 35.5. The highest BCUT2D eigenvalue weighted by Gasteiger charge is 2.35. The molecule has 37 heavy (non-hydrogen) atoms. The second kappa shape index (κ2) is 9.97. The van der Waals surface area contributed by atoms with Crippen molar-refractivity contribution < 1.29 is 9.53 Å². The van der Waals surface area contributed by atoms with E-state index >= 15 is 0 Å². The molecule has 0 saturated carbocycles. The zero-order valence-corrected chi connectivity index (χ0v) is 22.2. The van der Waals surface area contributed by atoms with Crippen molar-refractivity contribution in [1.29, 1.82) is 0 Å². The number of hydrogen-bond donors (Lipinski definition) is 1. The van der Waals surface area contributed by atoms with E-state index in [1.807, 2.05) is 69.0 Å². The number of benzene rings is 2. The number of halogens is 1. The molecule has 10 heteroatoms. The summed E-state index contributed by atoms with van der Waals surface area (Å²) in [5, 5.41) is 17.0. The number of aromatic nitrogens is 5. The number of piperazine rings is 1. The van der Waals surface area contributed by atoms with Crippen molar-refractivity contribution in [2.75, 3.05) is 24.5 Å². The summed E-state index contributed by atoms with van der Waals surface area (Å²) in [5.74, 6) is 1.04. The minimum Gasteiger partial charge on any atom is -0.444 e. The van der Waals surface area contributed by atoms with E-state index in [-0.39, 0.29) is 17.3 Å². The van der Waals surface area contributed by atoms with Crippen LogP contribution >= 0.6 is 11.6 Å². The molecule has 1 aliphatic rings. The van der Waals surface area contributed by atoms with Crippen molar-refractivity contribution in [1.82, 2.24) is 30.3 Å². The molecule has 0 radical (unpaired) electrons. The van der Waals surface area contributed by atoms with Gasteiger partial charge in [0.1, 0.15) is 5.60 Å². The molecular weight excluding hydrogens is 490 g/mol. The predicted octanol–water partition coefficient (Wildman–Crippen LogP) is 5.05. The van der Waals surface area contributed by atoms with Crippen LogP contribution in [-0.2, 0) is 11.2 Å². The molecular formula is C27H30ClN7O2. The molecule has 1 atom stereocenters. The van der Waals surface area contributed by atoms with Gasteiger partial charge in [-0.25, -0.2) is 9.78 Å². The second-order valence-corrected chi connectivity index (χ2v) is 10.7. The Labute approximate surface area is 220 Å². The molecule has 3 heterocycles. The van der Waals surface area contributed by atoms with Gasteiger partial charge in [0, 0.05) is 36.3 Å². The molecule has 1 amide bonds. The minimum absolute atomic E-state index is 0.134. The Hall–Kier alpha value is -3.72. The molecule has 5 rings (SSSR count). The molecule has 1 unspecified atom stereocenters. The number of ether oxygens (including phenoxy) is 1. The normalized spacial score (nSPS) is 16.3. The number of rotatable bonds is 4. The molecule has 0 bridgehead atoms. The van der Waals surface area contributed by atoms with E-state index in [4.69, 9.17) is 21.3 Å². The monoisotopic (exact) mass is 519 g/mol. The lowest BCUT2D eigenvalue weighted by atomic mass is 10.0. The van der Waals surface area contributed by atoms with Gasteiger partial charge in [-0.15, -0.1) is 10.2 Å². The van der Waals surface area contributed by atoms with Crippen molar-refractivity contribution in [2.24, 2.45) is 0 Å². The van der Waals surface area contributed by atoms with Crippen molar-refractivity contribution in [2.45, 2.75) is 45.8 Å². The zero-order chi connectivity index (χ0) is 26.2. The number of fused-ring (bicyclic) bond motifs is 1. The van der Waals surface area contributed by atoms with Crippen molar-refractivity contribution in [3.63, 3.8) is 0 Å². The van der Waals surface area contributed by atoms with Gasteiger partial charge < -0.3 is 14.5 Å². The molecule has 4 aromatic rings. The van der Waals surface area contributed by atoms with Crippen LogP contribution in [-0.4, -0.2) is 67.6 Å². The molecule has 1 fully saturated rings. The maximum Gasteiger partial charge on any atom is 0.410 e. The molecule has 192 valence electrons. The number of aryl methyl sites for hydroxylation is 1. The standard InChI is InChI=1S/C27H30ClN7O2/c1-17-21-15-19(10-11-22(21)31-30-17)24-29-25(23(28)32-33-24)34-12-13-35(26(36)37-27(2,3)4)20(16-34)14-18-8-6-5-7-9-18/h5-11,15,20H,12-14,16H2,1-4H3,(H,30,31). The largest absolute Gasteiger partial charge is 0.444 e. The second-order valence-electron chi connectivity index (χ2n) is 10.3.